The topological polar surface area (TPSA) is 117 Å². The molecule has 2 aromatic rings. The van der Waals surface area contributed by atoms with E-state index in [1.165, 1.54) is 18.7 Å². The van der Waals surface area contributed by atoms with E-state index in [4.69, 9.17) is 10.5 Å². The zero-order chi connectivity index (χ0) is 29.8. The van der Waals surface area contributed by atoms with Gasteiger partial charge in [-0.2, -0.15) is 18.3 Å². The number of nitrogens with zero attached hydrogens (tertiary/aromatic N) is 3. The predicted molar refractivity (Wildman–Crippen MR) is 153 cm³/mol. The van der Waals surface area contributed by atoms with Gasteiger partial charge in [-0.25, -0.2) is 5.01 Å². The second kappa shape index (κ2) is 13.2. The van der Waals surface area contributed by atoms with E-state index >= 15 is 0 Å². The number of ether oxygens (including phenoxy) is 1. The van der Waals surface area contributed by atoms with Crippen molar-refractivity contribution < 1.29 is 32.3 Å². The van der Waals surface area contributed by atoms with Crippen molar-refractivity contribution in [3.8, 4) is 0 Å². The number of hydrogen-bond donors (Lipinski definition) is 2. The molecule has 0 aliphatic carbocycles. The van der Waals surface area contributed by atoms with E-state index < -0.39 is 47.4 Å². The van der Waals surface area contributed by atoms with Crippen LogP contribution in [-0.2, 0) is 32.1 Å². The van der Waals surface area contributed by atoms with Gasteiger partial charge in [0.15, 0.2) is 0 Å². The summed E-state index contributed by atoms with van der Waals surface area (Å²) in [4.78, 5) is 41.6. The van der Waals surface area contributed by atoms with Crippen LogP contribution in [0.1, 0.15) is 31.4 Å². The molecule has 0 unspecified atom stereocenters. The molecule has 2 aromatic carbocycles. The number of amides is 3. The number of hydrazone groups is 1. The van der Waals surface area contributed by atoms with Crippen LogP contribution in [0.25, 0.3) is 0 Å². The van der Waals surface area contributed by atoms with Crippen LogP contribution >= 0.6 is 12.4 Å². The lowest BCUT2D eigenvalue weighted by Gasteiger charge is -2.41. The zero-order valence-electron chi connectivity index (χ0n) is 23.4. The Labute approximate surface area is 248 Å². The first kappa shape index (κ1) is 33.0. The minimum absolute atomic E-state index is 0. The fraction of sp³-hybridized carbons (Fsp3) is 0.448. The van der Waals surface area contributed by atoms with Crippen LogP contribution in [0.3, 0.4) is 0 Å². The SMILES string of the molecule is CC(C)(N)C(=O)N[C@H](COCc1ccccc1)C(=O)N1CCC2=NN(CC(F)(F)F)C(=O)[C@@]2(Cc2ccccc2)C1.Cl. The van der Waals surface area contributed by atoms with Crippen molar-refractivity contribution in [2.24, 2.45) is 16.3 Å². The molecule has 228 valence electrons. The molecule has 1 saturated heterocycles. The number of benzene rings is 2. The predicted octanol–water partition coefficient (Wildman–Crippen LogP) is 3.07. The molecule has 2 heterocycles. The van der Waals surface area contributed by atoms with Gasteiger partial charge in [-0.1, -0.05) is 60.7 Å². The summed E-state index contributed by atoms with van der Waals surface area (Å²) in [5.74, 6) is -1.91. The number of piperidine rings is 1. The Morgan fingerprint density at radius 3 is 2.24 bits per heavy atom. The van der Waals surface area contributed by atoms with Crippen LogP contribution in [-0.4, -0.2) is 77.3 Å². The molecule has 2 atom stereocenters. The van der Waals surface area contributed by atoms with Gasteiger partial charge in [0.2, 0.25) is 11.8 Å². The zero-order valence-corrected chi connectivity index (χ0v) is 24.2. The quantitative estimate of drug-likeness (QED) is 0.429. The van der Waals surface area contributed by atoms with Gasteiger partial charge in [0.1, 0.15) is 18.0 Å². The highest BCUT2D eigenvalue weighted by Crippen LogP contribution is 2.39. The first-order valence-electron chi connectivity index (χ1n) is 13.3. The molecule has 1 fully saturated rings. The number of fused-ring (bicyclic) bond motifs is 1. The van der Waals surface area contributed by atoms with Gasteiger partial charge in [0, 0.05) is 19.5 Å². The number of nitrogens with one attached hydrogen (secondary N) is 1. The average Bonchev–Trinajstić information content (AvgIpc) is 3.17. The highest BCUT2D eigenvalue weighted by Gasteiger charge is 2.56. The van der Waals surface area contributed by atoms with Crippen LogP contribution in [0.2, 0.25) is 0 Å². The Balaban J connectivity index is 0.00000484. The molecule has 13 heteroatoms. The summed E-state index contributed by atoms with van der Waals surface area (Å²) in [7, 11) is 0. The smallest absolute Gasteiger partial charge is 0.374 e. The van der Waals surface area contributed by atoms with E-state index in [9.17, 15) is 27.6 Å². The summed E-state index contributed by atoms with van der Waals surface area (Å²) in [6.45, 7) is 1.41. The molecule has 3 N–H and O–H groups in total. The fourth-order valence-corrected chi connectivity index (χ4v) is 5.00. The van der Waals surface area contributed by atoms with Crippen molar-refractivity contribution in [3.05, 3.63) is 71.8 Å². The summed E-state index contributed by atoms with van der Waals surface area (Å²) >= 11 is 0. The van der Waals surface area contributed by atoms with E-state index in [0.29, 0.717) is 10.7 Å². The molecule has 2 aliphatic rings. The Morgan fingerprint density at radius 2 is 1.67 bits per heavy atom. The number of halogens is 4. The van der Waals surface area contributed by atoms with Crippen molar-refractivity contribution >= 4 is 35.8 Å². The maximum Gasteiger partial charge on any atom is 0.408 e. The second-order valence-corrected chi connectivity index (χ2v) is 11.0. The molecule has 4 rings (SSSR count). The third-order valence-electron chi connectivity index (χ3n) is 7.09. The molecule has 3 amide bonds. The first-order chi connectivity index (χ1) is 19.3. The van der Waals surface area contributed by atoms with Crippen molar-refractivity contribution in [3.63, 3.8) is 0 Å². The van der Waals surface area contributed by atoms with Crippen molar-refractivity contribution in [1.82, 2.24) is 15.2 Å². The first-order valence-corrected chi connectivity index (χ1v) is 13.3. The van der Waals surface area contributed by atoms with Crippen LogP contribution in [0, 0.1) is 5.41 Å². The molecule has 0 bridgehead atoms. The minimum atomic E-state index is -4.64. The molecular formula is C29H35ClF3N5O4. The van der Waals surface area contributed by atoms with Crippen LogP contribution in [0.4, 0.5) is 13.2 Å². The van der Waals surface area contributed by atoms with E-state index in [1.54, 1.807) is 30.3 Å². The van der Waals surface area contributed by atoms with Crippen LogP contribution in [0.15, 0.2) is 65.8 Å². The van der Waals surface area contributed by atoms with Gasteiger partial charge < -0.3 is 20.7 Å². The molecular weight excluding hydrogens is 575 g/mol. The number of carbonyl (C=O) groups is 3. The molecule has 0 radical (unpaired) electrons. The summed E-state index contributed by atoms with van der Waals surface area (Å²) < 4.78 is 45.6. The Morgan fingerprint density at radius 1 is 1.07 bits per heavy atom. The van der Waals surface area contributed by atoms with Crippen LogP contribution in [0.5, 0.6) is 0 Å². The van der Waals surface area contributed by atoms with E-state index in [-0.39, 0.29) is 51.6 Å². The van der Waals surface area contributed by atoms with Crippen molar-refractivity contribution in [2.45, 2.75) is 51.1 Å². The lowest BCUT2D eigenvalue weighted by molar-refractivity contribution is -0.164. The summed E-state index contributed by atoms with van der Waals surface area (Å²) in [5, 5.41) is 7.20. The third-order valence-corrected chi connectivity index (χ3v) is 7.09. The van der Waals surface area contributed by atoms with Gasteiger partial charge in [-0.3, -0.25) is 14.4 Å². The summed E-state index contributed by atoms with van der Waals surface area (Å²) in [5.41, 5.74) is 5.10. The van der Waals surface area contributed by atoms with Crippen molar-refractivity contribution in [1.29, 1.82) is 0 Å². The highest BCUT2D eigenvalue weighted by atomic mass is 35.5. The van der Waals surface area contributed by atoms with Gasteiger partial charge in [0.05, 0.1) is 24.5 Å². The van der Waals surface area contributed by atoms with E-state index in [1.807, 2.05) is 30.3 Å². The molecule has 2 aliphatic heterocycles. The van der Waals surface area contributed by atoms with Gasteiger partial charge in [-0.05, 0) is 31.4 Å². The fourth-order valence-electron chi connectivity index (χ4n) is 5.00. The molecule has 9 nitrogen and oxygen atoms in total. The molecule has 0 spiro atoms. The highest BCUT2D eigenvalue weighted by molar-refractivity contribution is 6.14. The monoisotopic (exact) mass is 609 g/mol. The van der Waals surface area contributed by atoms with Crippen molar-refractivity contribution in [2.75, 3.05) is 26.2 Å². The number of likely N-dealkylation sites (tertiary alicyclic amines) is 1. The molecule has 0 saturated carbocycles. The van der Waals surface area contributed by atoms with E-state index in [2.05, 4.69) is 10.4 Å². The van der Waals surface area contributed by atoms with Gasteiger partial charge >= 0.3 is 6.18 Å². The number of hydrogen-bond acceptors (Lipinski definition) is 6. The maximum absolute atomic E-state index is 13.8. The second-order valence-electron chi connectivity index (χ2n) is 11.0. The Hall–Kier alpha value is -3.48. The summed E-state index contributed by atoms with van der Waals surface area (Å²) in [6, 6.07) is 17.0. The number of alkyl halides is 3. The normalized spacial score (nSPS) is 19.5. The lowest BCUT2D eigenvalue weighted by atomic mass is 9.73. The van der Waals surface area contributed by atoms with Gasteiger partial charge in [-0.15, -0.1) is 12.4 Å². The Kier molecular flexibility index (Phi) is 10.4. The number of carbonyl (C=O) groups excluding carboxylic acids is 3. The largest absolute Gasteiger partial charge is 0.408 e. The lowest BCUT2D eigenvalue weighted by Crippen LogP contribution is -2.61. The molecule has 42 heavy (non-hydrogen) atoms. The summed E-state index contributed by atoms with van der Waals surface area (Å²) in [6.07, 6.45) is -4.47. The standard InChI is InChI=1S/C29H34F3N5O4.ClH/c1-27(2,33)25(39)34-22(17-41-16-21-11-7-4-8-12-21)24(38)36-14-13-23-28(18-36,15-20-9-5-3-6-10-20)26(40)37(35-23)19-29(30,31)32;/h3-12,22H,13-19,33H2,1-2H3,(H,34,39);1H/t22-,28+;/m1./s1. The third kappa shape index (κ3) is 7.87. The molecule has 0 aromatic heterocycles. The maximum atomic E-state index is 13.8. The average molecular weight is 610 g/mol. The van der Waals surface area contributed by atoms with Crippen LogP contribution < -0.4 is 11.1 Å². The van der Waals surface area contributed by atoms with E-state index in [0.717, 1.165) is 11.1 Å². The number of nitrogens with two attached hydrogens (primary N) is 1. The number of rotatable bonds is 10. The minimum Gasteiger partial charge on any atom is -0.374 e. The Bertz CT molecular complexity index is 1290. The van der Waals surface area contributed by atoms with Gasteiger partial charge in [0.25, 0.3) is 5.91 Å².